The van der Waals surface area contributed by atoms with Gasteiger partial charge in [-0.15, -0.1) is 0 Å². The van der Waals surface area contributed by atoms with Crippen LogP contribution in [0.5, 0.6) is 5.75 Å². The molecule has 0 aliphatic heterocycles. The van der Waals surface area contributed by atoms with Crippen molar-refractivity contribution in [1.29, 1.82) is 0 Å². The van der Waals surface area contributed by atoms with Crippen molar-refractivity contribution in [3.8, 4) is 5.75 Å². The fourth-order valence-corrected chi connectivity index (χ4v) is 1.66. The molecule has 5 nitrogen and oxygen atoms in total. The van der Waals surface area contributed by atoms with Crippen LogP contribution in [0.4, 0.5) is 10.1 Å². The van der Waals surface area contributed by atoms with E-state index in [1.165, 1.54) is 12.1 Å². The third-order valence-corrected chi connectivity index (χ3v) is 2.69. The number of nitrogens with zero attached hydrogens (tertiary/aromatic N) is 2. The van der Waals surface area contributed by atoms with Gasteiger partial charge in [0.15, 0.2) is 5.82 Å². The quantitative estimate of drug-likeness (QED) is 0.646. The highest BCUT2D eigenvalue weighted by molar-refractivity contribution is 9.10. The van der Waals surface area contributed by atoms with Crippen LogP contribution in [0.3, 0.4) is 0 Å². The maximum Gasteiger partial charge on any atom is 0.329 e. The van der Waals surface area contributed by atoms with Crippen molar-refractivity contribution in [2.24, 2.45) is 0 Å². The average molecular weight is 287 g/mol. The summed E-state index contributed by atoms with van der Waals surface area (Å²) in [6.07, 6.45) is 0.894. The fourth-order valence-electron chi connectivity index (χ4n) is 1.33. The van der Waals surface area contributed by atoms with Gasteiger partial charge in [0.25, 0.3) is 0 Å². The van der Waals surface area contributed by atoms with Crippen LogP contribution in [0.2, 0.25) is 0 Å². The van der Waals surface area contributed by atoms with Crippen molar-refractivity contribution in [2.45, 2.75) is 0 Å². The van der Waals surface area contributed by atoms with Crippen molar-refractivity contribution >= 4 is 32.5 Å². The number of halogens is 2. The Labute approximate surface area is 96.8 Å². The molecule has 0 spiro atoms. The Bertz CT molecular complexity index is 603. The molecule has 1 heterocycles. The minimum absolute atomic E-state index is 0.109. The van der Waals surface area contributed by atoms with E-state index < -0.39 is 22.2 Å². The number of hydrogen-bond acceptors (Lipinski definition) is 4. The highest BCUT2D eigenvalue weighted by atomic mass is 79.9. The molecular formula is C9H4BrFN2O3. The first-order valence-corrected chi connectivity index (χ1v) is 4.91. The maximum absolute atomic E-state index is 13.6. The number of pyridine rings is 1. The van der Waals surface area contributed by atoms with Gasteiger partial charge in [-0.3, -0.25) is 10.1 Å². The predicted octanol–water partition coefficient (Wildman–Crippen LogP) is 2.75. The van der Waals surface area contributed by atoms with Crippen LogP contribution < -0.4 is 0 Å². The number of aromatic nitrogens is 1. The van der Waals surface area contributed by atoms with Gasteiger partial charge in [0.1, 0.15) is 6.20 Å². The average Bonchev–Trinajstić information content (AvgIpc) is 2.23. The highest BCUT2D eigenvalue weighted by Gasteiger charge is 2.20. The molecule has 7 heteroatoms. The number of hydrogen-bond donors (Lipinski definition) is 1. The lowest BCUT2D eigenvalue weighted by atomic mass is 10.2. The number of rotatable bonds is 1. The first-order valence-electron chi connectivity index (χ1n) is 4.12. The van der Waals surface area contributed by atoms with Gasteiger partial charge in [-0.05, 0) is 28.1 Å². The fraction of sp³-hybridized carbons (Fsp3) is 0. The van der Waals surface area contributed by atoms with Crippen LogP contribution in [0.15, 0.2) is 22.8 Å². The normalized spacial score (nSPS) is 10.6. The molecule has 0 amide bonds. The van der Waals surface area contributed by atoms with Crippen molar-refractivity contribution in [2.75, 3.05) is 0 Å². The topological polar surface area (TPSA) is 76.3 Å². The summed E-state index contributed by atoms with van der Waals surface area (Å²) >= 11 is 2.93. The molecule has 0 aliphatic rings. The molecule has 2 aromatic rings. The summed E-state index contributed by atoms with van der Waals surface area (Å²) in [5.41, 5.74) is -0.465. The molecule has 82 valence electrons. The van der Waals surface area contributed by atoms with Crippen LogP contribution in [0, 0.1) is 15.9 Å². The molecule has 1 aromatic heterocycles. The van der Waals surface area contributed by atoms with E-state index in [1.54, 1.807) is 0 Å². The number of nitro groups is 1. The van der Waals surface area contributed by atoms with E-state index in [0.29, 0.717) is 0 Å². The third-order valence-electron chi connectivity index (χ3n) is 2.07. The minimum atomic E-state index is -0.817. The number of aromatic hydroxyl groups is 1. The Morgan fingerprint density at radius 3 is 2.81 bits per heavy atom. The zero-order valence-electron chi connectivity index (χ0n) is 7.65. The van der Waals surface area contributed by atoms with E-state index in [0.717, 1.165) is 6.20 Å². The van der Waals surface area contributed by atoms with Gasteiger partial charge in [-0.25, -0.2) is 9.37 Å². The molecular weight excluding hydrogens is 283 g/mol. The Balaban J connectivity index is 2.92. The first-order chi connectivity index (χ1) is 7.52. The van der Waals surface area contributed by atoms with Crippen molar-refractivity contribution in [1.82, 2.24) is 4.98 Å². The van der Waals surface area contributed by atoms with Gasteiger partial charge in [-0.2, -0.15) is 0 Å². The Hall–Kier alpha value is -1.76. The second kappa shape index (κ2) is 3.67. The second-order valence-corrected chi connectivity index (χ2v) is 3.86. The second-order valence-electron chi connectivity index (χ2n) is 3.00. The summed E-state index contributed by atoms with van der Waals surface area (Å²) in [7, 11) is 0. The van der Waals surface area contributed by atoms with E-state index in [4.69, 9.17) is 0 Å². The molecule has 2 rings (SSSR count). The van der Waals surface area contributed by atoms with Gasteiger partial charge >= 0.3 is 5.69 Å². The molecule has 0 unspecified atom stereocenters. The Morgan fingerprint density at radius 1 is 1.50 bits per heavy atom. The molecule has 0 saturated carbocycles. The third kappa shape index (κ3) is 1.49. The lowest BCUT2D eigenvalue weighted by Crippen LogP contribution is -1.93. The summed E-state index contributed by atoms with van der Waals surface area (Å²) in [6, 6.07) is 2.86. The molecule has 0 aliphatic carbocycles. The van der Waals surface area contributed by atoms with Gasteiger partial charge < -0.3 is 5.11 Å². The molecule has 16 heavy (non-hydrogen) atoms. The minimum Gasteiger partial charge on any atom is -0.502 e. The van der Waals surface area contributed by atoms with Crippen LogP contribution in [-0.2, 0) is 0 Å². The van der Waals surface area contributed by atoms with Gasteiger partial charge in [-0.1, -0.05) is 0 Å². The summed E-state index contributed by atoms with van der Waals surface area (Å²) in [6.45, 7) is 0. The molecule has 1 N–H and O–H groups in total. The molecule has 0 bridgehead atoms. The number of fused-ring (bicyclic) bond motifs is 1. The van der Waals surface area contributed by atoms with E-state index in [-0.39, 0.29) is 15.4 Å². The van der Waals surface area contributed by atoms with E-state index in [2.05, 4.69) is 20.9 Å². The van der Waals surface area contributed by atoms with Crippen molar-refractivity contribution < 1.29 is 14.4 Å². The molecule has 0 radical (unpaired) electrons. The van der Waals surface area contributed by atoms with Gasteiger partial charge in [0.2, 0.25) is 5.75 Å². The SMILES string of the molecule is O=[N+]([O-])c1cnc2ccc(Br)c(F)c2c1O. The first kappa shape index (κ1) is 10.7. The molecule has 0 atom stereocenters. The highest BCUT2D eigenvalue weighted by Crippen LogP contribution is 2.36. The summed E-state index contributed by atoms with van der Waals surface area (Å²) in [4.78, 5) is 13.4. The van der Waals surface area contributed by atoms with E-state index in [9.17, 15) is 19.6 Å². The maximum atomic E-state index is 13.6. The predicted molar refractivity (Wildman–Crippen MR) is 57.7 cm³/mol. The standard InChI is InChI=1S/C9H4BrFN2O3/c10-4-1-2-5-7(8(4)11)9(14)6(3-12-5)13(15)16/h1-3H,(H,12,14). The van der Waals surface area contributed by atoms with Gasteiger partial charge in [0.05, 0.1) is 20.3 Å². The summed E-state index contributed by atoms with van der Waals surface area (Å²) < 4.78 is 13.7. The smallest absolute Gasteiger partial charge is 0.329 e. The van der Waals surface area contributed by atoms with E-state index >= 15 is 0 Å². The van der Waals surface area contributed by atoms with Crippen molar-refractivity contribution in [3.63, 3.8) is 0 Å². The van der Waals surface area contributed by atoms with Crippen molar-refractivity contribution in [3.05, 3.63) is 38.7 Å². The van der Waals surface area contributed by atoms with Crippen LogP contribution in [-0.4, -0.2) is 15.0 Å². The van der Waals surface area contributed by atoms with Crippen LogP contribution in [0.1, 0.15) is 0 Å². The van der Waals surface area contributed by atoms with E-state index in [1.807, 2.05) is 0 Å². The Morgan fingerprint density at radius 2 is 2.19 bits per heavy atom. The van der Waals surface area contributed by atoms with Crippen LogP contribution >= 0.6 is 15.9 Å². The van der Waals surface area contributed by atoms with Crippen LogP contribution in [0.25, 0.3) is 10.9 Å². The molecule has 0 saturated heterocycles. The number of benzene rings is 1. The summed E-state index contributed by atoms with van der Waals surface area (Å²) in [5.74, 6) is -1.49. The zero-order valence-corrected chi connectivity index (χ0v) is 9.23. The lowest BCUT2D eigenvalue weighted by Gasteiger charge is -2.03. The monoisotopic (exact) mass is 286 g/mol. The zero-order chi connectivity index (χ0) is 11.9. The summed E-state index contributed by atoms with van der Waals surface area (Å²) in [5, 5.41) is 19.9. The molecule has 0 fully saturated rings. The largest absolute Gasteiger partial charge is 0.502 e. The Kier molecular flexibility index (Phi) is 2.47. The lowest BCUT2D eigenvalue weighted by molar-refractivity contribution is -0.386. The molecule has 1 aromatic carbocycles. The van der Waals surface area contributed by atoms with Gasteiger partial charge in [0, 0.05) is 0 Å².